The SMILES string of the molecule is c1ccc(-c2ccc3sc4ccccc4c3c2)cc1.c1ccc(-c2ccc3sc4ccccc4c3c2)cc1. The third kappa shape index (κ3) is 4.28. The summed E-state index contributed by atoms with van der Waals surface area (Å²) in [6, 6.07) is 51.9. The number of fused-ring (bicyclic) bond motifs is 6. The van der Waals surface area contributed by atoms with E-state index in [2.05, 4.69) is 146 Å². The maximum atomic E-state index is 2.31. The van der Waals surface area contributed by atoms with Crippen LogP contribution in [-0.2, 0) is 0 Å². The summed E-state index contributed by atoms with van der Waals surface area (Å²) in [6.45, 7) is 0. The van der Waals surface area contributed by atoms with Gasteiger partial charge in [0.15, 0.2) is 0 Å². The molecule has 8 aromatic rings. The van der Waals surface area contributed by atoms with Crippen LogP contribution in [0.15, 0.2) is 146 Å². The fraction of sp³-hybridized carbons (Fsp3) is 0. The fourth-order valence-electron chi connectivity index (χ4n) is 5.07. The minimum atomic E-state index is 1.28. The third-order valence-electron chi connectivity index (χ3n) is 6.97. The molecule has 38 heavy (non-hydrogen) atoms. The molecule has 0 atom stereocenters. The molecule has 0 fully saturated rings. The van der Waals surface area contributed by atoms with Gasteiger partial charge in [0.25, 0.3) is 0 Å². The lowest BCUT2D eigenvalue weighted by Gasteiger charge is -2.01. The Morgan fingerprint density at radius 2 is 0.632 bits per heavy atom. The monoisotopic (exact) mass is 520 g/mol. The summed E-state index contributed by atoms with van der Waals surface area (Å²) in [5.41, 5.74) is 5.13. The fourth-order valence-corrected chi connectivity index (χ4v) is 7.25. The summed E-state index contributed by atoms with van der Waals surface area (Å²) >= 11 is 3.73. The van der Waals surface area contributed by atoms with Crippen molar-refractivity contribution in [2.75, 3.05) is 0 Å². The topological polar surface area (TPSA) is 0 Å². The maximum absolute atomic E-state index is 2.31. The van der Waals surface area contributed by atoms with Gasteiger partial charge in [-0.1, -0.05) is 109 Å². The van der Waals surface area contributed by atoms with E-state index >= 15 is 0 Å². The molecule has 2 aromatic heterocycles. The van der Waals surface area contributed by atoms with Gasteiger partial charge < -0.3 is 0 Å². The summed E-state index contributed by atoms with van der Waals surface area (Å²) in [4.78, 5) is 0. The first-order valence-electron chi connectivity index (χ1n) is 12.8. The summed E-state index contributed by atoms with van der Waals surface area (Å²) in [5.74, 6) is 0. The molecule has 0 saturated heterocycles. The van der Waals surface area contributed by atoms with Crippen molar-refractivity contribution < 1.29 is 0 Å². The molecule has 0 bridgehead atoms. The molecule has 0 N–H and O–H groups in total. The Balaban J connectivity index is 0.000000127. The lowest BCUT2D eigenvalue weighted by molar-refractivity contribution is 1.66. The highest BCUT2D eigenvalue weighted by atomic mass is 32.1. The van der Waals surface area contributed by atoms with Crippen molar-refractivity contribution >= 4 is 63.0 Å². The van der Waals surface area contributed by atoms with Crippen LogP contribution < -0.4 is 0 Å². The minimum Gasteiger partial charge on any atom is -0.135 e. The average molecular weight is 521 g/mol. The van der Waals surface area contributed by atoms with Gasteiger partial charge in [-0.25, -0.2) is 0 Å². The molecule has 0 nitrogen and oxygen atoms in total. The second-order valence-corrected chi connectivity index (χ2v) is 11.5. The van der Waals surface area contributed by atoms with Crippen molar-refractivity contribution in [2.24, 2.45) is 0 Å². The van der Waals surface area contributed by atoms with Gasteiger partial charge >= 0.3 is 0 Å². The Labute approximate surface area is 230 Å². The van der Waals surface area contributed by atoms with Gasteiger partial charge in [0.2, 0.25) is 0 Å². The minimum absolute atomic E-state index is 1.28. The van der Waals surface area contributed by atoms with E-state index in [-0.39, 0.29) is 0 Å². The average Bonchev–Trinajstić information content (AvgIpc) is 3.56. The molecule has 0 saturated carbocycles. The van der Waals surface area contributed by atoms with Gasteiger partial charge in [-0.05, 0) is 58.7 Å². The quantitative estimate of drug-likeness (QED) is 0.213. The molecule has 0 aliphatic carbocycles. The largest absolute Gasteiger partial charge is 0.135 e. The molecular weight excluding hydrogens is 497 g/mol. The molecule has 0 spiro atoms. The summed E-state index contributed by atoms with van der Waals surface area (Å²) in [7, 11) is 0. The number of hydrogen-bond acceptors (Lipinski definition) is 2. The lowest BCUT2D eigenvalue weighted by Crippen LogP contribution is -1.76. The van der Waals surface area contributed by atoms with Gasteiger partial charge in [-0.2, -0.15) is 0 Å². The second-order valence-electron chi connectivity index (χ2n) is 9.35. The van der Waals surface area contributed by atoms with Gasteiger partial charge in [0, 0.05) is 40.3 Å². The second kappa shape index (κ2) is 9.90. The zero-order chi connectivity index (χ0) is 25.3. The number of benzene rings is 6. The summed E-state index contributed by atoms with van der Waals surface area (Å²) < 4.78 is 5.45. The van der Waals surface area contributed by atoms with Crippen molar-refractivity contribution in [1.29, 1.82) is 0 Å². The zero-order valence-electron chi connectivity index (χ0n) is 20.7. The molecule has 2 heteroatoms. The normalized spacial score (nSPS) is 11.2. The predicted molar refractivity (Wildman–Crippen MR) is 170 cm³/mol. The van der Waals surface area contributed by atoms with E-state index in [1.807, 2.05) is 22.7 Å². The Kier molecular flexibility index (Phi) is 5.97. The van der Waals surface area contributed by atoms with E-state index in [1.165, 1.54) is 62.6 Å². The smallest absolute Gasteiger partial charge is 0.0355 e. The van der Waals surface area contributed by atoms with Gasteiger partial charge in [-0.3, -0.25) is 0 Å². The van der Waals surface area contributed by atoms with E-state index in [1.54, 1.807) is 0 Å². The highest BCUT2D eigenvalue weighted by molar-refractivity contribution is 7.26. The van der Waals surface area contributed by atoms with E-state index in [4.69, 9.17) is 0 Å². The Morgan fingerprint density at radius 3 is 1.08 bits per heavy atom. The molecule has 0 aliphatic heterocycles. The molecule has 0 radical (unpaired) electrons. The van der Waals surface area contributed by atoms with Crippen LogP contribution in [0.2, 0.25) is 0 Å². The number of rotatable bonds is 2. The highest BCUT2D eigenvalue weighted by Gasteiger charge is 2.07. The zero-order valence-corrected chi connectivity index (χ0v) is 22.3. The maximum Gasteiger partial charge on any atom is 0.0355 e. The summed E-state index contributed by atoms with van der Waals surface area (Å²) in [6.07, 6.45) is 0. The van der Waals surface area contributed by atoms with Crippen LogP contribution in [0, 0.1) is 0 Å². The van der Waals surface area contributed by atoms with Crippen molar-refractivity contribution in [1.82, 2.24) is 0 Å². The van der Waals surface area contributed by atoms with Crippen molar-refractivity contribution in [3.63, 3.8) is 0 Å². The molecule has 0 amide bonds. The predicted octanol–water partition coefficient (Wildman–Crippen LogP) is 11.4. The molecule has 6 aromatic carbocycles. The lowest BCUT2D eigenvalue weighted by atomic mass is 10.0. The van der Waals surface area contributed by atoms with E-state index < -0.39 is 0 Å². The van der Waals surface area contributed by atoms with Crippen LogP contribution in [0.4, 0.5) is 0 Å². The molecule has 2 heterocycles. The van der Waals surface area contributed by atoms with E-state index in [9.17, 15) is 0 Å². The highest BCUT2D eigenvalue weighted by Crippen LogP contribution is 2.37. The van der Waals surface area contributed by atoms with Gasteiger partial charge in [0.05, 0.1) is 0 Å². The molecule has 8 rings (SSSR count). The molecule has 0 aliphatic rings. The first-order chi connectivity index (χ1) is 18.8. The molecular formula is C36H24S2. The van der Waals surface area contributed by atoms with Crippen LogP contribution >= 0.6 is 22.7 Å². The first-order valence-corrected chi connectivity index (χ1v) is 14.4. The van der Waals surface area contributed by atoms with Crippen LogP contribution in [0.25, 0.3) is 62.6 Å². The van der Waals surface area contributed by atoms with Crippen LogP contribution in [-0.4, -0.2) is 0 Å². The van der Waals surface area contributed by atoms with Crippen LogP contribution in [0.5, 0.6) is 0 Å². The van der Waals surface area contributed by atoms with E-state index in [0.29, 0.717) is 0 Å². The van der Waals surface area contributed by atoms with Crippen LogP contribution in [0.3, 0.4) is 0 Å². The Hall–Kier alpha value is -4.24. The molecule has 0 unspecified atom stereocenters. The molecule has 180 valence electrons. The van der Waals surface area contributed by atoms with Crippen molar-refractivity contribution in [2.45, 2.75) is 0 Å². The number of hydrogen-bond donors (Lipinski definition) is 0. The standard InChI is InChI=1S/2C18H12S/c2*1-2-6-13(7-3-1)14-10-11-18-16(12-14)15-8-4-5-9-17(15)19-18/h2*1-12H. The number of thiophene rings is 2. The van der Waals surface area contributed by atoms with Gasteiger partial charge in [-0.15, -0.1) is 22.7 Å². The Morgan fingerprint density at radius 1 is 0.263 bits per heavy atom. The van der Waals surface area contributed by atoms with E-state index in [0.717, 1.165) is 0 Å². The Bertz CT molecular complexity index is 1860. The summed E-state index contributed by atoms with van der Waals surface area (Å²) in [5, 5.41) is 5.45. The van der Waals surface area contributed by atoms with Crippen molar-refractivity contribution in [3.8, 4) is 22.3 Å². The third-order valence-corrected chi connectivity index (χ3v) is 9.27. The van der Waals surface area contributed by atoms with Gasteiger partial charge in [0.1, 0.15) is 0 Å². The first kappa shape index (κ1) is 22.9. The van der Waals surface area contributed by atoms with Crippen LogP contribution in [0.1, 0.15) is 0 Å². The van der Waals surface area contributed by atoms with Crippen molar-refractivity contribution in [3.05, 3.63) is 146 Å².